The molecule has 180 valence electrons. The number of fused-ring (bicyclic) bond motifs is 1. The predicted octanol–water partition coefficient (Wildman–Crippen LogP) is 2.76. The molecule has 1 saturated heterocycles. The van der Waals surface area contributed by atoms with E-state index in [4.69, 9.17) is 4.74 Å². The summed E-state index contributed by atoms with van der Waals surface area (Å²) < 4.78 is 19.6. The van der Waals surface area contributed by atoms with Crippen LogP contribution in [0.2, 0.25) is 0 Å². The first-order chi connectivity index (χ1) is 16.9. The summed E-state index contributed by atoms with van der Waals surface area (Å²) >= 11 is 0. The summed E-state index contributed by atoms with van der Waals surface area (Å²) in [6.45, 7) is 2.21. The van der Waals surface area contributed by atoms with Crippen LogP contribution in [0.25, 0.3) is 28.1 Å². The molecule has 0 spiro atoms. The zero-order chi connectivity index (χ0) is 24.5. The van der Waals surface area contributed by atoms with Crippen LogP contribution in [-0.2, 0) is 15.5 Å². The smallest absolute Gasteiger partial charge is 0.254 e. The highest BCUT2D eigenvalue weighted by molar-refractivity contribution is 7.84. The molecule has 0 bridgehead atoms. The molecule has 1 unspecified atom stereocenters. The molecule has 1 fully saturated rings. The van der Waals surface area contributed by atoms with Gasteiger partial charge in [-0.05, 0) is 24.3 Å². The summed E-state index contributed by atoms with van der Waals surface area (Å²) in [5.74, 6) is 0.375. The topological polar surface area (TPSA) is 93.5 Å². The lowest BCUT2D eigenvalue weighted by molar-refractivity contribution is 0.0303. The number of amides is 1. The number of pyridine rings is 1. The highest BCUT2D eigenvalue weighted by Gasteiger charge is 2.21. The maximum absolute atomic E-state index is 13.1. The van der Waals surface area contributed by atoms with Gasteiger partial charge in [0.15, 0.2) is 0 Å². The van der Waals surface area contributed by atoms with Crippen molar-refractivity contribution in [3.05, 3.63) is 60.7 Å². The molecular weight excluding hydrogens is 464 g/mol. The fourth-order valence-corrected chi connectivity index (χ4v) is 4.84. The van der Waals surface area contributed by atoms with Gasteiger partial charge in [-0.3, -0.25) is 18.6 Å². The molecule has 1 atom stereocenters. The van der Waals surface area contributed by atoms with Gasteiger partial charge in [0.25, 0.3) is 5.91 Å². The lowest BCUT2D eigenvalue weighted by Crippen LogP contribution is -2.40. The first-order valence-corrected chi connectivity index (χ1v) is 12.8. The number of hydrogen-bond donors (Lipinski definition) is 0. The third-order valence-electron chi connectivity index (χ3n) is 6.03. The summed E-state index contributed by atoms with van der Waals surface area (Å²) in [5.41, 5.74) is 3.89. The van der Waals surface area contributed by atoms with Gasteiger partial charge in [0, 0.05) is 80.4 Å². The van der Waals surface area contributed by atoms with Crippen LogP contribution in [0.4, 0.5) is 5.69 Å². The molecule has 0 radical (unpaired) electrons. The summed E-state index contributed by atoms with van der Waals surface area (Å²) in [7, 11) is 2.73. The van der Waals surface area contributed by atoms with E-state index in [1.54, 1.807) is 46.6 Å². The lowest BCUT2D eigenvalue weighted by Gasteiger charge is -2.26. The Morgan fingerprint density at radius 2 is 1.80 bits per heavy atom. The number of nitrogens with zero attached hydrogens (tertiary/aromatic N) is 6. The number of ether oxygens (including phenoxy) is 1. The summed E-state index contributed by atoms with van der Waals surface area (Å²) in [5, 5.41) is 0.803. The molecule has 1 aromatic carbocycles. The average Bonchev–Trinajstić information content (AvgIpc) is 3.28. The lowest BCUT2D eigenvalue weighted by atomic mass is 10.1. The molecule has 1 amide bonds. The van der Waals surface area contributed by atoms with Gasteiger partial charge in [0.05, 0.1) is 40.1 Å². The second-order valence-electron chi connectivity index (χ2n) is 8.52. The first-order valence-electron chi connectivity index (χ1n) is 11.2. The molecule has 4 heterocycles. The average molecular weight is 491 g/mol. The van der Waals surface area contributed by atoms with E-state index in [1.807, 2.05) is 43.3 Å². The highest BCUT2D eigenvalue weighted by Crippen LogP contribution is 2.28. The Kier molecular flexibility index (Phi) is 6.31. The monoisotopic (exact) mass is 490 g/mol. The van der Waals surface area contributed by atoms with Gasteiger partial charge >= 0.3 is 0 Å². The van der Waals surface area contributed by atoms with Crippen LogP contribution in [0, 0.1) is 0 Å². The van der Waals surface area contributed by atoms with Crippen molar-refractivity contribution in [3.63, 3.8) is 0 Å². The Bertz CT molecular complexity index is 1410. The van der Waals surface area contributed by atoms with Gasteiger partial charge in [-0.1, -0.05) is 6.07 Å². The number of morpholine rings is 1. The van der Waals surface area contributed by atoms with Crippen LogP contribution in [-0.4, -0.2) is 81.2 Å². The van der Waals surface area contributed by atoms with E-state index in [2.05, 4.69) is 15.0 Å². The van der Waals surface area contributed by atoms with Gasteiger partial charge in [-0.25, -0.2) is 9.97 Å². The number of benzene rings is 1. The van der Waals surface area contributed by atoms with Crippen LogP contribution in [0.1, 0.15) is 10.4 Å². The van der Waals surface area contributed by atoms with E-state index in [0.29, 0.717) is 42.7 Å². The molecule has 5 rings (SSSR count). The second-order valence-corrected chi connectivity index (χ2v) is 9.87. The maximum Gasteiger partial charge on any atom is 0.254 e. The third kappa shape index (κ3) is 4.54. The minimum atomic E-state index is -1.22. The van der Waals surface area contributed by atoms with E-state index in [1.165, 1.54) is 0 Å². The van der Waals surface area contributed by atoms with Gasteiger partial charge in [-0.15, -0.1) is 0 Å². The van der Waals surface area contributed by atoms with E-state index >= 15 is 0 Å². The first kappa shape index (κ1) is 23.1. The van der Waals surface area contributed by atoms with Crippen molar-refractivity contribution in [2.24, 2.45) is 0 Å². The fourth-order valence-electron chi connectivity index (χ4n) is 4.11. The zero-order valence-corrected chi connectivity index (χ0v) is 20.7. The molecule has 3 aromatic heterocycles. The molecule has 4 aromatic rings. The molecule has 35 heavy (non-hydrogen) atoms. The molecule has 0 saturated carbocycles. The van der Waals surface area contributed by atoms with Gasteiger partial charge < -0.3 is 14.5 Å². The van der Waals surface area contributed by atoms with Crippen LogP contribution in [0.15, 0.2) is 60.0 Å². The molecule has 10 heteroatoms. The highest BCUT2D eigenvalue weighted by atomic mass is 32.2. The number of rotatable bonds is 5. The maximum atomic E-state index is 13.1. The normalized spacial score (nSPS) is 14.8. The van der Waals surface area contributed by atoms with Crippen LogP contribution < -0.4 is 4.90 Å². The van der Waals surface area contributed by atoms with Gasteiger partial charge in [-0.2, -0.15) is 0 Å². The van der Waals surface area contributed by atoms with Crippen molar-refractivity contribution >= 4 is 33.3 Å². The van der Waals surface area contributed by atoms with Crippen molar-refractivity contribution in [1.82, 2.24) is 24.4 Å². The SMILES string of the molecule is CN(C)c1ccnc(-c2cnc(-n3cc(S(C)=O)c4ccc(C(=O)N5CCOCC5)cc43)nc2)c1. The van der Waals surface area contributed by atoms with Crippen molar-refractivity contribution in [2.45, 2.75) is 4.90 Å². The minimum absolute atomic E-state index is 0.0507. The summed E-state index contributed by atoms with van der Waals surface area (Å²) in [4.78, 5) is 31.1. The van der Waals surface area contributed by atoms with E-state index < -0.39 is 10.8 Å². The Balaban J connectivity index is 1.54. The van der Waals surface area contributed by atoms with Crippen molar-refractivity contribution < 1.29 is 13.7 Å². The Morgan fingerprint density at radius 1 is 1.06 bits per heavy atom. The third-order valence-corrected chi connectivity index (χ3v) is 6.98. The van der Waals surface area contributed by atoms with Crippen molar-refractivity contribution in [1.29, 1.82) is 0 Å². The number of anilines is 1. The standard InChI is InChI=1S/C25H26N6O3S/c1-29(2)19-6-7-26-21(13-19)18-14-27-25(28-15-18)31-16-23(35(3)33)20-5-4-17(12-22(20)31)24(32)30-8-10-34-11-9-30/h4-7,12-16H,8-11H2,1-3H3. The van der Waals surface area contributed by atoms with Crippen molar-refractivity contribution in [3.8, 4) is 17.2 Å². The molecule has 9 nitrogen and oxygen atoms in total. The fraction of sp³-hybridized carbons (Fsp3) is 0.280. The largest absolute Gasteiger partial charge is 0.378 e. The Hall–Kier alpha value is -3.63. The minimum Gasteiger partial charge on any atom is -0.378 e. The number of carbonyl (C=O) groups excluding carboxylic acids is 1. The second kappa shape index (κ2) is 9.55. The molecular formula is C25H26N6O3S. The molecule has 1 aliphatic rings. The zero-order valence-electron chi connectivity index (χ0n) is 19.8. The van der Waals surface area contributed by atoms with Crippen molar-refractivity contribution in [2.75, 3.05) is 51.6 Å². The van der Waals surface area contributed by atoms with E-state index in [-0.39, 0.29) is 5.91 Å². The van der Waals surface area contributed by atoms with Crippen LogP contribution in [0.3, 0.4) is 0 Å². The van der Waals surface area contributed by atoms with Crippen LogP contribution in [0.5, 0.6) is 0 Å². The predicted molar refractivity (Wildman–Crippen MR) is 135 cm³/mol. The van der Waals surface area contributed by atoms with Crippen LogP contribution >= 0.6 is 0 Å². The number of hydrogen-bond acceptors (Lipinski definition) is 7. The Labute approximate surface area is 205 Å². The number of aromatic nitrogens is 4. The van der Waals surface area contributed by atoms with E-state index in [0.717, 1.165) is 27.8 Å². The molecule has 0 aliphatic carbocycles. The molecule has 0 N–H and O–H groups in total. The number of carbonyl (C=O) groups is 1. The molecule has 1 aliphatic heterocycles. The van der Waals surface area contributed by atoms with E-state index in [9.17, 15) is 9.00 Å². The summed E-state index contributed by atoms with van der Waals surface area (Å²) in [6.07, 6.45) is 8.62. The summed E-state index contributed by atoms with van der Waals surface area (Å²) in [6, 6.07) is 9.37. The Morgan fingerprint density at radius 3 is 2.49 bits per heavy atom. The van der Waals surface area contributed by atoms with Gasteiger partial charge in [0.2, 0.25) is 5.95 Å². The quantitative estimate of drug-likeness (QED) is 0.425. The van der Waals surface area contributed by atoms with Gasteiger partial charge in [0.1, 0.15) is 0 Å².